The van der Waals surface area contributed by atoms with Crippen molar-refractivity contribution >= 4 is 38.9 Å². The first-order valence-electron chi connectivity index (χ1n) is 6.49. The lowest BCUT2D eigenvalue weighted by Crippen LogP contribution is -2.25. The lowest BCUT2D eigenvalue weighted by molar-refractivity contribution is -0.118. The van der Waals surface area contributed by atoms with Gasteiger partial charge in [-0.2, -0.15) is 0 Å². The molecule has 2 atom stereocenters. The van der Waals surface area contributed by atoms with E-state index in [1.807, 2.05) is 6.07 Å². The van der Waals surface area contributed by atoms with Crippen LogP contribution in [0, 0.1) is 11.3 Å². The predicted molar refractivity (Wildman–Crippen MR) is 77.4 cm³/mol. The topological polar surface area (TPSA) is 37.3 Å². The summed E-state index contributed by atoms with van der Waals surface area (Å²) in [6, 6.07) is 3.52. The molecule has 0 amide bonds. The third-order valence-electron chi connectivity index (χ3n) is 4.95. The molecule has 1 saturated carbocycles. The van der Waals surface area contributed by atoms with Gasteiger partial charge in [-0.1, -0.05) is 17.7 Å². The zero-order valence-electron chi connectivity index (χ0n) is 10.2. The Morgan fingerprint density at radius 2 is 2.21 bits per heavy atom. The van der Waals surface area contributed by atoms with Crippen LogP contribution in [0.4, 0.5) is 0 Å². The maximum Gasteiger partial charge on any atom is 0.173 e. The molecule has 1 spiro atoms. The molecule has 1 aromatic carbocycles. The summed E-state index contributed by atoms with van der Waals surface area (Å²) < 4.78 is 0.738. The molecule has 3 aliphatic carbocycles. The van der Waals surface area contributed by atoms with Crippen molar-refractivity contribution in [2.24, 2.45) is 11.3 Å². The number of halogens is 2. The van der Waals surface area contributed by atoms with Crippen LogP contribution >= 0.6 is 27.5 Å². The minimum Gasteiger partial charge on any atom is -0.506 e. The SMILES string of the molecule is O=C1C(Br)=C2c3ccc(O)c(Cl)c3CC23CCC1C3. The number of Topliss-reactive ketones (excluding diaryl/α,β-unsaturated/α-hetero) is 1. The van der Waals surface area contributed by atoms with E-state index >= 15 is 0 Å². The molecule has 1 aromatic rings. The van der Waals surface area contributed by atoms with Gasteiger partial charge in [0.05, 0.1) is 9.51 Å². The van der Waals surface area contributed by atoms with Crippen LogP contribution < -0.4 is 0 Å². The number of aromatic hydroxyl groups is 1. The molecule has 2 unspecified atom stereocenters. The lowest BCUT2D eigenvalue weighted by atomic mass is 9.74. The smallest absolute Gasteiger partial charge is 0.173 e. The van der Waals surface area contributed by atoms with Gasteiger partial charge < -0.3 is 5.11 Å². The van der Waals surface area contributed by atoms with Crippen LogP contribution in [-0.2, 0) is 11.2 Å². The molecule has 2 nitrogen and oxygen atoms in total. The number of hydrogen-bond donors (Lipinski definition) is 1. The fourth-order valence-electron chi connectivity index (χ4n) is 4.12. The fraction of sp³-hybridized carbons (Fsp3) is 0.400. The monoisotopic (exact) mass is 338 g/mol. The van der Waals surface area contributed by atoms with Crippen molar-refractivity contribution < 1.29 is 9.90 Å². The number of benzene rings is 1. The van der Waals surface area contributed by atoms with E-state index in [0.29, 0.717) is 5.02 Å². The molecule has 0 saturated heterocycles. The molecular formula is C15H12BrClO2. The van der Waals surface area contributed by atoms with E-state index in [1.54, 1.807) is 6.07 Å². The third kappa shape index (κ3) is 1.35. The zero-order chi connectivity index (χ0) is 13.4. The third-order valence-corrected chi connectivity index (χ3v) is 6.16. The van der Waals surface area contributed by atoms with E-state index < -0.39 is 0 Å². The molecular weight excluding hydrogens is 328 g/mol. The highest BCUT2D eigenvalue weighted by Gasteiger charge is 2.54. The van der Waals surface area contributed by atoms with E-state index in [9.17, 15) is 9.90 Å². The normalized spacial score (nSPS) is 31.7. The Morgan fingerprint density at radius 1 is 1.42 bits per heavy atom. The van der Waals surface area contributed by atoms with Crippen molar-refractivity contribution in [3.05, 3.63) is 32.8 Å². The van der Waals surface area contributed by atoms with E-state index in [1.165, 1.54) is 0 Å². The zero-order valence-corrected chi connectivity index (χ0v) is 12.5. The van der Waals surface area contributed by atoms with Gasteiger partial charge in [-0.3, -0.25) is 4.79 Å². The van der Waals surface area contributed by atoms with Crippen molar-refractivity contribution in [2.45, 2.75) is 25.7 Å². The second kappa shape index (κ2) is 3.64. The first-order chi connectivity index (χ1) is 9.03. The summed E-state index contributed by atoms with van der Waals surface area (Å²) in [5, 5.41) is 10.2. The van der Waals surface area contributed by atoms with Gasteiger partial charge in [0.1, 0.15) is 5.75 Å². The molecule has 3 aliphatic rings. The van der Waals surface area contributed by atoms with Crippen molar-refractivity contribution in [1.29, 1.82) is 0 Å². The first-order valence-corrected chi connectivity index (χ1v) is 7.66. The second-order valence-electron chi connectivity index (χ2n) is 5.87. The maximum absolute atomic E-state index is 12.3. The number of allylic oxidation sites excluding steroid dienone is 2. The number of rotatable bonds is 0. The summed E-state index contributed by atoms with van der Waals surface area (Å²) >= 11 is 9.76. The molecule has 0 aliphatic heterocycles. The largest absolute Gasteiger partial charge is 0.506 e. The lowest BCUT2D eigenvalue weighted by Gasteiger charge is -2.30. The number of carbonyl (C=O) groups is 1. The van der Waals surface area contributed by atoms with Crippen LogP contribution in [0.25, 0.3) is 5.57 Å². The van der Waals surface area contributed by atoms with Crippen molar-refractivity contribution in [1.82, 2.24) is 0 Å². The predicted octanol–water partition coefficient (Wildman–Crippen LogP) is 4.08. The highest BCUT2D eigenvalue weighted by molar-refractivity contribution is 9.12. The second-order valence-corrected chi connectivity index (χ2v) is 7.05. The van der Waals surface area contributed by atoms with Gasteiger partial charge in [-0.25, -0.2) is 0 Å². The van der Waals surface area contributed by atoms with Crippen LogP contribution in [-0.4, -0.2) is 10.9 Å². The molecule has 4 rings (SSSR count). The molecule has 0 aromatic heterocycles. The Hall–Kier alpha value is -0.800. The van der Waals surface area contributed by atoms with Crippen LogP contribution in [0.2, 0.25) is 5.02 Å². The minimum absolute atomic E-state index is 0.0666. The number of ketones is 1. The molecule has 98 valence electrons. The van der Waals surface area contributed by atoms with Crippen LogP contribution in [0.15, 0.2) is 16.6 Å². The molecule has 2 bridgehead atoms. The maximum atomic E-state index is 12.3. The molecule has 4 heteroatoms. The highest BCUT2D eigenvalue weighted by atomic mass is 79.9. The van der Waals surface area contributed by atoms with Gasteiger partial charge in [0, 0.05) is 11.3 Å². The summed E-state index contributed by atoms with van der Waals surface area (Å²) in [5.41, 5.74) is 3.24. The Labute approximate surface area is 124 Å². The molecule has 0 heterocycles. The van der Waals surface area contributed by atoms with Gasteiger partial charge in [-0.05, 0) is 64.4 Å². The fourth-order valence-corrected chi connectivity index (χ4v) is 5.31. The molecule has 0 radical (unpaired) electrons. The Kier molecular flexibility index (Phi) is 2.30. The Morgan fingerprint density at radius 3 is 3.00 bits per heavy atom. The van der Waals surface area contributed by atoms with Crippen LogP contribution in [0.3, 0.4) is 0 Å². The summed E-state index contributed by atoms with van der Waals surface area (Å²) in [6.07, 6.45) is 3.79. The summed E-state index contributed by atoms with van der Waals surface area (Å²) in [6.45, 7) is 0. The quantitative estimate of drug-likeness (QED) is 0.773. The number of fused-ring (bicyclic) bond motifs is 3. The Bertz CT molecular complexity index is 664. The van der Waals surface area contributed by atoms with Gasteiger partial charge >= 0.3 is 0 Å². The van der Waals surface area contributed by atoms with E-state index in [0.717, 1.165) is 46.9 Å². The number of carbonyl (C=O) groups excluding carboxylic acids is 1. The minimum atomic E-state index is 0.0666. The average molecular weight is 340 g/mol. The van der Waals surface area contributed by atoms with Gasteiger partial charge in [0.2, 0.25) is 0 Å². The highest BCUT2D eigenvalue weighted by Crippen LogP contribution is 2.64. The number of hydrogen-bond acceptors (Lipinski definition) is 2. The average Bonchev–Trinajstić information content (AvgIpc) is 2.93. The number of phenols is 1. The standard InChI is InChI=1S/C15H12BrClO2/c16-12-11-8-1-2-10(18)13(17)9(8)6-15(11)4-3-7(5-15)14(12)19/h1-2,7,18H,3-6H2. The Balaban J connectivity index is 2.03. The van der Waals surface area contributed by atoms with Gasteiger partial charge in [-0.15, -0.1) is 0 Å². The van der Waals surface area contributed by atoms with E-state index in [2.05, 4.69) is 15.9 Å². The van der Waals surface area contributed by atoms with Crippen LogP contribution in [0.1, 0.15) is 30.4 Å². The van der Waals surface area contributed by atoms with Gasteiger partial charge in [0.15, 0.2) is 5.78 Å². The van der Waals surface area contributed by atoms with Crippen LogP contribution in [0.5, 0.6) is 5.75 Å². The molecule has 1 fully saturated rings. The molecule has 1 N–H and O–H groups in total. The number of phenolic OH excluding ortho intramolecular Hbond substituents is 1. The summed E-state index contributed by atoms with van der Waals surface area (Å²) in [5.74, 6) is 0.535. The first kappa shape index (κ1) is 12.0. The van der Waals surface area contributed by atoms with E-state index in [-0.39, 0.29) is 22.9 Å². The van der Waals surface area contributed by atoms with Crippen molar-refractivity contribution in [3.63, 3.8) is 0 Å². The van der Waals surface area contributed by atoms with E-state index in [4.69, 9.17) is 11.6 Å². The summed E-state index contributed by atoms with van der Waals surface area (Å²) in [7, 11) is 0. The van der Waals surface area contributed by atoms with Gasteiger partial charge in [0.25, 0.3) is 0 Å². The summed E-state index contributed by atoms with van der Waals surface area (Å²) in [4.78, 5) is 12.3. The molecule has 19 heavy (non-hydrogen) atoms. The van der Waals surface area contributed by atoms with Crippen molar-refractivity contribution in [2.75, 3.05) is 0 Å². The van der Waals surface area contributed by atoms with Crippen molar-refractivity contribution in [3.8, 4) is 5.75 Å².